The lowest BCUT2D eigenvalue weighted by atomic mass is 10.1. The van der Waals surface area contributed by atoms with Crippen molar-refractivity contribution in [1.82, 2.24) is 5.32 Å². The third-order valence-corrected chi connectivity index (χ3v) is 1.24. The molecule has 0 aromatic carbocycles. The van der Waals surface area contributed by atoms with Crippen LogP contribution in [-0.2, 0) is 0 Å². The van der Waals surface area contributed by atoms with E-state index in [-0.39, 0.29) is 5.54 Å². The Bertz CT molecular complexity index is 129. The van der Waals surface area contributed by atoms with Crippen LogP contribution in [0.2, 0.25) is 0 Å². The summed E-state index contributed by atoms with van der Waals surface area (Å²) in [7, 11) is 0. The maximum Gasteiger partial charge on any atom is 0.0745 e. The predicted octanol–water partition coefficient (Wildman–Crippen LogP) is 0.953. The molecule has 0 bridgehead atoms. The van der Waals surface area contributed by atoms with Gasteiger partial charge in [0.15, 0.2) is 0 Å². The molecule has 0 aliphatic carbocycles. The molecule has 0 aromatic rings. The Morgan fingerprint density at radius 1 is 1.56 bits per heavy atom. The van der Waals surface area contributed by atoms with Gasteiger partial charge in [0.05, 0.1) is 5.54 Å². The molecule has 1 N–H and O–H groups in total. The minimum Gasteiger partial charge on any atom is -0.386 e. The maximum absolute atomic E-state index is 4.28. The zero-order chi connectivity index (χ0) is 6.74. The predicted molar refractivity (Wildman–Crippen MR) is 39.7 cm³/mol. The molecule has 0 spiro atoms. The van der Waals surface area contributed by atoms with Gasteiger partial charge in [-0.05, 0) is 26.1 Å². The quantitative estimate of drug-likeness (QED) is 0.511. The molecule has 2 nitrogen and oxygen atoms in total. The summed E-state index contributed by atoms with van der Waals surface area (Å²) >= 11 is 0. The summed E-state index contributed by atoms with van der Waals surface area (Å²) in [5, 5.41) is 3.07. The van der Waals surface area contributed by atoms with E-state index in [0.717, 1.165) is 6.54 Å². The number of aliphatic imine (C=N–C) groups is 1. The van der Waals surface area contributed by atoms with Gasteiger partial charge in [-0.1, -0.05) is 0 Å². The van der Waals surface area contributed by atoms with Gasteiger partial charge in [0, 0.05) is 12.8 Å². The highest BCUT2D eigenvalue weighted by molar-refractivity contribution is 5.61. The highest BCUT2D eigenvalue weighted by atomic mass is 14.9. The summed E-state index contributed by atoms with van der Waals surface area (Å²) in [5.74, 6) is 0. The fraction of sp³-hybridized carbons (Fsp3) is 0.571. The molecule has 0 saturated heterocycles. The van der Waals surface area contributed by atoms with Crippen LogP contribution < -0.4 is 5.32 Å². The smallest absolute Gasteiger partial charge is 0.0745 e. The van der Waals surface area contributed by atoms with Crippen LogP contribution in [0, 0.1) is 0 Å². The lowest BCUT2D eigenvalue weighted by Gasteiger charge is -2.10. The first-order valence-electron chi connectivity index (χ1n) is 3.15. The minimum absolute atomic E-state index is 0.0104. The van der Waals surface area contributed by atoms with Crippen molar-refractivity contribution >= 4 is 6.21 Å². The van der Waals surface area contributed by atoms with E-state index in [1.807, 2.05) is 12.4 Å². The third-order valence-electron chi connectivity index (χ3n) is 1.24. The normalized spacial score (nSPS) is 22.9. The average molecular weight is 124 g/mol. The molecule has 1 heterocycles. The first-order chi connectivity index (χ1) is 4.21. The number of nitrogens with zero attached hydrogens (tertiary/aromatic N) is 1. The topological polar surface area (TPSA) is 24.4 Å². The van der Waals surface area contributed by atoms with Crippen molar-refractivity contribution in [2.45, 2.75) is 19.4 Å². The SMILES string of the molecule is CC1(C)C=CNCC=N1. The van der Waals surface area contributed by atoms with Crippen molar-refractivity contribution in [1.29, 1.82) is 0 Å². The standard InChI is InChI=1S/C7H12N2/c1-7(2)3-4-8-5-6-9-7/h3-4,6,8H,5H2,1-2H3. The summed E-state index contributed by atoms with van der Waals surface area (Å²) in [4.78, 5) is 4.28. The molecule has 1 aliphatic heterocycles. The van der Waals surface area contributed by atoms with Crippen LogP contribution in [-0.4, -0.2) is 18.3 Å². The summed E-state index contributed by atoms with van der Waals surface area (Å²) in [6.07, 6.45) is 5.91. The fourth-order valence-electron chi connectivity index (χ4n) is 0.708. The van der Waals surface area contributed by atoms with E-state index < -0.39 is 0 Å². The van der Waals surface area contributed by atoms with Crippen LogP contribution in [0.15, 0.2) is 17.3 Å². The first-order valence-corrected chi connectivity index (χ1v) is 3.15. The minimum atomic E-state index is -0.0104. The van der Waals surface area contributed by atoms with Crippen LogP contribution in [0.5, 0.6) is 0 Å². The third kappa shape index (κ3) is 1.88. The Kier molecular flexibility index (Phi) is 1.56. The number of hydrogen-bond donors (Lipinski definition) is 1. The molecule has 0 radical (unpaired) electrons. The van der Waals surface area contributed by atoms with Gasteiger partial charge in [0.1, 0.15) is 0 Å². The lowest BCUT2D eigenvalue weighted by molar-refractivity contribution is 0.661. The molecule has 0 atom stereocenters. The zero-order valence-electron chi connectivity index (χ0n) is 5.89. The van der Waals surface area contributed by atoms with Crippen LogP contribution >= 0.6 is 0 Å². The largest absolute Gasteiger partial charge is 0.386 e. The second-order valence-electron chi connectivity index (χ2n) is 2.71. The van der Waals surface area contributed by atoms with Crippen molar-refractivity contribution in [3.05, 3.63) is 12.3 Å². The Hall–Kier alpha value is -0.790. The van der Waals surface area contributed by atoms with Gasteiger partial charge in [0.2, 0.25) is 0 Å². The second kappa shape index (κ2) is 2.21. The van der Waals surface area contributed by atoms with Crippen molar-refractivity contribution in [2.24, 2.45) is 4.99 Å². The summed E-state index contributed by atoms with van der Waals surface area (Å²) in [5.41, 5.74) is -0.0104. The van der Waals surface area contributed by atoms with Gasteiger partial charge < -0.3 is 5.32 Å². The molecule has 0 saturated carbocycles. The number of hydrogen-bond acceptors (Lipinski definition) is 2. The summed E-state index contributed by atoms with van der Waals surface area (Å²) in [6.45, 7) is 5.00. The molecule has 0 fully saturated rings. The lowest BCUT2D eigenvalue weighted by Crippen LogP contribution is -2.11. The molecule has 0 aromatic heterocycles. The highest BCUT2D eigenvalue weighted by Gasteiger charge is 2.10. The Labute approximate surface area is 55.7 Å². The average Bonchev–Trinajstić information content (AvgIpc) is 1.92. The van der Waals surface area contributed by atoms with E-state index >= 15 is 0 Å². The molecule has 50 valence electrons. The van der Waals surface area contributed by atoms with Gasteiger partial charge in [-0.25, -0.2) is 0 Å². The first kappa shape index (κ1) is 6.33. The molecule has 0 amide bonds. The van der Waals surface area contributed by atoms with E-state index in [2.05, 4.69) is 30.2 Å². The Balaban J connectivity index is 2.70. The Morgan fingerprint density at radius 3 is 3.11 bits per heavy atom. The van der Waals surface area contributed by atoms with E-state index in [1.165, 1.54) is 0 Å². The van der Waals surface area contributed by atoms with E-state index in [1.54, 1.807) is 0 Å². The summed E-state index contributed by atoms with van der Waals surface area (Å²) < 4.78 is 0. The van der Waals surface area contributed by atoms with Crippen LogP contribution in [0.1, 0.15) is 13.8 Å². The Morgan fingerprint density at radius 2 is 2.33 bits per heavy atom. The zero-order valence-corrected chi connectivity index (χ0v) is 5.89. The van der Waals surface area contributed by atoms with Gasteiger partial charge >= 0.3 is 0 Å². The van der Waals surface area contributed by atoms with Crippen LogP contribution in [0.25, 0.3) is 0 Å². The van der Waals surface area contributed by atoms with Crippen molar-refractivity contribution < 1.29 is 0 Å². The number of rotatable bonds is 0. The summed E-state index contributed by atoms with van der Waals surface area (Å²) in [6, 6.07) is 0. The molecule has 1 rings (SSSR count). The van der Waals surface area contributed by atoms with Crippen LogP contribution in [0.4, 0.5) is 0 Å². The molecule has 1 aliphatic rings. The molecule has 0 unspecified atom stereocenters. The molecular weight excluding hydrogens is 112 g/mol. The van der Waals surface area contributed by atoms with Crippen LogP contribution in [0.3, 0.4) is 0 Å². The van der Waals surface area contributed by atoms with Gasteiger partial charge in [-0.15, -0.1) is 0 Å². The van der Waals surface area contributed by atoms with Crippen molar-refractivity contribution in [3.63, 3.8) is 0 Å². The number of nitrogens with one attached hydrogen (secondary N) is 1. The van der Waals surface area contributed by atoms with Gasteiger partial charge in [-0.2, -0.15) is 0 Å². The van der Waals surface area contributed by atoms with E-state index in [4.69, 9.17) is 0 Å². The monoisotopic (exact) mass is 124 g/mol. The molecule has 9 heavy (non-hydrogen) atoms. The highest BCUT2D eigenvalue weighted by Crippen LogP contribution is 2.09. The van der Waals surface area contributed by atoms with Gasteiger partial charge in [0.25, 0.3) is 0 Å². The molecule has 2 heteroatoms. The fourth-order valence-corrected chi connectivity index (χ4v) is 0.708. The van der Waals surface area contributed by atoms with Crippen molar-refractivity contribution in [3.8, 4) is 0 Å². The van der Waals surface area contributed by atoms with E-state index in [9.17, 15) is 0 Å². The maximum atomic E-state index is 4.28. The second-order valence-corrected chi connectivity index (χ2v) is 2.71. The van der Waals surface area contributed by atoms with Gasteiger partial charge in [-0.3, -0.25) is 4.99 Å². The van der Waals surface area contributed by atoms with Crippen molar-refractivity contribution in [2.75, 3.05) is 6.54 Å². The molecular formula is C7H12N2. The van der Waals surface area contributed by atoms with E-state index in [0.29, 0.717) is 0 Å².